The van der Waals surface area contributed by atoms with Gasteiger partial charge < -0.3 is 0 Å². The van der Waals surface area contributed by atoms with E-state index in [0.29, 0.717) is 11.3 Å². The van der Waals surface area contributed by atoms with Gasteiger partial charge in [0.05, 0.1) is 15.2 Å². The number of Topliss-reactive ketones (excluding diaryl/α,β-unsaturated/α-hetero) is 1. The predicted molar refractivity (Wildman–Crippen MR) is 45.6 cm³/mol. The first-order valence-electron chi connectivity index (χ1n) is 3.41. The first-order valence-corrected chi connectivity index (χ1v) is 4.29. The fraction of sp³-hybridized carbons (Fsp3) is 0.286. The van der Waals surface area contributed by atoms with Crippen molar-refractivity contribution in [2.24, 2.45) is 0 Å². The average molecular weight is 185 g/mol. The van der Waals surface area contributed by atoms with Gasteiger partial charge in [-0.2, -0.15) is 0 Å². The summed E-state index contributed by atoms with van der Waals surface area (Å²) in [7, 11) is 0. The molecular weight excluding hydrogens is 178 g/mol. The topological polar surface area (TPSA) is 60.2 Å². The van der Waals surface area contributed by atoms with E-state index in [2.05, 4.69) is 0 Å². The van der Waals surface area contributed by atoms with Crippen LogP contribution in [0.15, 0.2) is 11.4 Å². The van der Waals surface area contributed by atoms with Crippen molar-refractivity contribution < 1.29 is 9.72 Å². The zero-order valence-electron chi connectivity index (χ0n) is 6.44. The molecule has 1 heterocycles. The van der Waals surface area contributed by atoms with Gasteiger partial charge in [0.15, 0.2) is 5.78 Å². The third-order valence-electron chi connectivity index (χ3n) is 1.39. The number of carbonyl (C=O) groups is 1. The first-order chi connectivity index (χ1) is 5.65. The highest BCUT2D eigenvalue weighted by Crippen LogP contribution is 2.22. The first kappa shape index (κ1) is 8.86. The van der Waals surface area contributed by atoms with Crippen LogP contribution in [-0.4, -0.2) is 10.7 Å². The molecule has 5 heteroatoms. The van der Waals surface area contributed by atoms with Crippen LogP contribution in [0.2, 0.25) is 0 Å². The van der Waals surface area contributed by atoms with Crippen LogP contribution in [0.1, 0.15) is 23.0 Å². The third kappa shape index (κ3) is 1.68. The highest BCUT2D eigenvalue weighted by Gasteiger charge is 2.12. The molecule has 0 saturated heterocycles. The van der Waals surface area contributed by atoms with Gasteiger partial charge in [0, 0.05) is 12.5 Å². The van der Waals surface area contributed by atoms with E-state index in [1.165, 1.54) is 11.4 Å². The van der Waals surface area contributed by atoms with Crippen molar-refractivity contribution in [3.05, 3.63) is 26.4 Å². The van der Waals surface area contributed by atoms with Crippen molar-refractivity contribution in [3.63, 3.8) is 0 Å². The zero-order chi connectivity index (χ0) is 9.14. The largest absolute Gasteiger partial charge is 0.293 e. The van der Waals surface area contributed by atoms with Gasteiger partial charge in [-0.05, 0) is 0 Å². The van der Waals surface area contributed by atoms with Gasteiger partial charge in [0.2, 0.25) is 0 Å². The molecule has 1 aromatic rings. The minimum absolute atomic E-state index is 0.00296. The van der Waals surface area contributed by atoms with Gasteiger partial charge in [0.1, 0.15) is 0 Å². The predicted octanol–water partition coefficient (Wildman–Crippen LogP) is 2.25. The molecule has 0 N–H and O–H groups in total. The lowest BCUT2D eigenvalue weighted by Crippen LogP contribution is -1.91. The molecule has 12 heavy (non-hydrogen) atoms. The number of hydrogen-bond acceptors (Lipinski definition) is 4. The molecule has 0 bridgehead atoms. The molecule has 4 nitrogen and oxygen atoms in total. The molecule has 0 aliphatic carbocycles. The van der Waals surface area contributed by atoms with Crippen LogP contribution in [-0.2, 0) is 0 Å². The molecule has 0 aliphatic heterocycles. The highest BCUT2D eigenvalue weighted by atomic mass is 32.1. The maximum absolute atomic E-state index is 11.0. The molecular formula is C7H7NO3S. The average Bonchev–Trinajstić information content (AvgIpc) is 2.51. The van der Waals surface area contributed by atoms with Crippen LogP contribution in [0.5, 0.6) is 0 Å². The minimum atomic E-state index is -0.497. The van der Waals surface area contributed by atoms with Gasteiger partial charge in [-0.1, -0.05) is 6.92 Å². The number of thiophene rings is 1. The Bertz CT molecular complexity index is 318. The second kappa shape index (κ2) is 3.44. The second-order valence-corrected chi connectivity index (χ2v) is 3.11. The molecule has 0 saturated carbocycles. The second-order valence-electron chi connectivity index (χ2n) is 2.20. The summed E-state index contributed by atoms with van der Waals surface area (Å²) >= 11 is 1.12. The summed E-state index contributed by atoms with van der Waals surface area (Å²) in [5, 5.41) is 11.6. The van der Waals surface area contributed by atoms with Crippen molar-refractivity contribution in [1.29, 1.82) is 0 Å². The normalized spacial score (nSPS) is 9.75. The molecule has 1 rings (SSSR count). The molecule has 0 radical (unpaired) electrons. The molecule has 0 atom stereocenters. The minimum Gasteiger partial charge on any atom is -0.293 e. The van der Waals surface area contributed by atoms with Crippen molar-refractivity contribution >= 4 is 22.8 Å². The summed E-state index contributed by atoms with van der Waals surface area (Å²) in [5.74, 6) is -0.0481. The molecule has 0 fully saturated rings. The summed E-state index contributed by atoms with van der Waals surface area (Å²) in [6, 6.07) is 1.32. The van der Waals surface area contributed by atoms with Gasteiger partial charge >= 0.3 is 0 Å². The summed E-state index contributed by atoms with van der Waals surface area (Å²) in [5.41, 5.74) is -0.00296. The molecule has 0 aliphatic rings. The number of rotatable bonds is 3. The molecule has 0 spiro atoms. The standard InChI is InChI=1S/C7H7NO3S/c1-2-6(9)7-3-5(4-12-7)8(10)11/h3-4H,2H2,1H3. The summed E-state index contributed by atoms with van der Waals surface area (Å²) < 4.78 is 0. The van der Waals surface area contributed by atoms with Crippen LogP contribution in [0.3, 0.4) is 0 Å². The van der Waals surface area contributed by atoms with Crippen molar-refractivity contribution in [1.82, 2.24) is 0 Å². The Kier molecular flexibility index (Phi) is 2.54. The monoisotopic (exact) mass is 185 g/mol. The quantitative estimate of drug-likeness (QED) is 0.412. The van der Waals surface area contributed by atoms with Gasteiger partial charge in [0.25, 0.3) is 5.69 Å². The Balaban J connectivity index is 2.91. The van der Waals surface area contributed by atoms with E-state index in [9.17, 15) is 14.9 Å². The SMILES string of the molecule is CCC(=O)c1cc([N+](=O)[O-])cs1. The zero-order valence-corrected chi connectivity index (χ0v) is 7.26. The van der Waals surface area contributed by atoms with E-state index in [0.717, 1.165) is 11.3 Å². The number of nitrogens with zero attached hydrogens (tertiary/aromatic N) is 1. The Morgan fingerprint density at radius 3 is 2.83 bits per heavy atom. The maximum Gasteiger partial charge on any atom is 0.280 e. The van der Waals surface area contributed by atoms with Crippen LogP contribution in [0.4, 0.5) is 5.69 Å². The Morgan fingerprint density at radius 1 is 1.75 bits per heavy atom. The number of carbonyl (C=O) groups excluding carboxylic acids is 1. The van der Waals surface area contributed by atoms with Crippen LogP contribution >= 0.6 is 11.3 Å². The summed E-state index contributed by atoms with van der Waals surface area (Å²) in [6.45, 7) is 1.73. The smallest absolute Gasteiger partial charge is 0.280 e. The van der Waals surface area contributed by atoms with E-state index < -0.39 is 4.92 Å². The van der Waals surface area contributed by atoms with Crippen molar-refractivity contribution in [3.8, 4) is 0 Å². The fourth-order valence-electron chi connectivity index (χ4n) is 0.742. The Morgan fingerprint density at radius 2 is 2.42 bits per heavy atom. The molecule has 0 unspecified atom stereocenters. The van der Waals surface area contributed by atoms with Crippen LogP contribution < -0.4 is 0 Å². The van der Waals surface area contributed by atoms with Gasteiger partial charge in [-0.3, -0.25) is 14.9 Å². The lowest BCUT2D eigenvalue weighted by atomic mass is 10.2. The molecule has 1 aromatic heterocycles. The van der Waals surface area contributed by atoms with Crippen molar-refractivity contribution in [2.75, 3.05) is 0 Å². The van der Waals surface area contributed by atoms with E-state index in [1.807, 2.05) is 0 Å². The van der Waals surface area contributed by atoms with Gasteiger partial charge in [-0.25, -0.2) is 0 Å². The number of hydrogen-bond donors (Lipinski definition) is 0. The lowest BCUT2D eigenvalue weighted by molar-refractivity contribution is -0.384. The highest BCUT2D eigenvalue weighted by molar-refractivity contribution is 7.12. The summed E-state index contributed by atoms with van der Waals surface area (Å²) in [4.78, 5) is 21.2. The van der Waals surface area contributed by atoms with E-state index in [1.54, 1.807) is 6.92 Å². The molecule has 0 aromatic carbocycles. The lowest BCUT2D eigenvalue weighted by Gasteiger charge is -1.86. The third-order valence-corrected chi connectivity index (χ3v) is 2.35. The molecule has 0 amide bonds. The van der Waals surface area contributed by atoms with Crippen LogP contribution in [0.25, 0.3) is 0 Å². The van der Waals surface area contributed by atoms with E-state index in [-0.39, 0.29) is 11.5 Å². The Hall–Kier alpha value is -1.23. The van der Waals surface area contributed by atoms with Crippen LogP contribution in [0, 0.1) is 10.1 Å². The maximum atomic E-state index is 11.0. The summed E-state index contributed by atoms with van der Waals surface area (Å²) in [6.07, 6.45) is 0.387. The Labute approximate surface area is 73.0 Å². The number of nitro groups is 1. The molecule has 64 valence electrons. The van der Waals surface area contributed by atoms with E-state index in [4.69, 9.17) is 0 Å². The van der Waals surface area contributed by atoms with Gasteiger partial charge in [-0.15, -0.1) is 11.3 Å². The van der Waals surface area contributed by atoms with Crippen molar-refractivity contribution in [2.45, 2.75) is 13.3 Å². The fourth-order valence-corrected chi connectivity index (χ4v) is 1.61. The number of ketones is 1. The van der Waals surface area contributed by atoms with E-state index >= 15 is 0 Å².